The van der Waals surface area contributed by atoms with E-state index in [4.69, 9.17) is 9.52 Å². The Morgan fingerprint density at radius 2 is 1.89 bits per heavy atom. The number of aliphatic hydroxyl groups excluding tert-OH is 1. The summed E-state index contributed by atoms with van der Waals surface area (Å²) >= 11 is 0. The van der Waals surface area contributed by atoms with Crippen LogP contribution < -0.4 is 5.43 Å². The van der Waals surface area contributed by atoms with Gasteiger partial charge in [-0.2, -0.15) is 0 Å². The molecule has 96 valence electrons. The van der Waals surface area contributed by atoms with Crippen LogP contribution in [0.3, 0.4) is 0 Å². The van der Waals surface area contributed by atoms with E-state index in [2.05, 4.69) is 0 Å². The lowest BCUT2D eigenvalue weighted by Gasteiger charge is -2.06. The summed E-state index contributed by atoms with van der Waals surface area (Å²) in [7, 11) is 0. The number of hydrogen-bond acceptors (Lipinski definition) is 6. The van der Waals surface area contributed by atoms with Crippen molar-refractivity contribution < 1.29 is 24.8 Å². The topological polar surface area (TPSA) is 111 Å². The fourth-order valence-corrected chi connectivity index (χ4v) is 1.74. The molecule has 0 saturated carbocycles. The second-order valence-corrected chi connectivity index (χ2v) is 3.88. The minimum Gasteiger partial charge on any atom is -0.504 e. The van der Waals surface area contributed by atoms with Crippen molar-refractivity contribution in [2.45, 2.75) is 12.8 Å². The van der Waals surface area contributed by atoms with Crippen LogP contribution in [0, 0.1) is 0 Å². The minimum atomic E-state index is -0.623. The third-order valence-electron chi connectivity index (χ3n) is 2.65. The number of aliphatic hydroxyl groups is 1. The van der Waals surface area contributed by atoms with Gasteiger partial charge < -0.3 is 24.8 Å². The summed E-state index contributed by atoms with van der Waals surface area (Å²) in [5.41, 5.74) is -0.451. The van der Waals surface area contributed by atoms with Gasteiger partial charge in [0.05, 0.1) is 6.26 Å². The molecule has 4 N–H and O–H groups in total. The Kier molecular flexibility index (Phi) is 3.12. The second kappa shape index (κ2) is 4.58. The van der Waals surface area contributed by atoms with Crippen molar-refractivity contribution in [3.05, 3.63) is 28.1 Å². The number of aromatic hydroxyl groups is 3. The standard InChI is InChI=1S/C12H12O6/c13-3-1-2-6-5-18-12-8(15)4-7(14)11(17)9(12)10(6)16/h4-5,13-15,17H,1-3H2. The molecule has 0 atom stereocenters. The molecule has 0 fully saturated rings. The Labute approximate surface area is 101 Å². The van der Waals surface area contributed by atoms with Gasteiger partial charge in [0.1, 0.15) is 5.39 Å². The van der Waals surface area contributed by atoms with Gasteiger partial charge in [0, 0.05) is 18.2 Å². The summed E-state index contributed by atoms with van der Waals surface area (Å²) in [6, 6.07) is 0.897. The van der Waals surface area contributed by atoms with Gasteiger partial charge in [-0.3, -0.25) is 4.79 Å². The van der Waals surface area contributed by atoms with Crippen molar-refractivity contribution in [3.8, 4) is 17.2 Å². The van der Waals surface area contributed by atoms with Crippen LogP contribution >= 0.6 is 0 Å². The predicted octanol–water partition coefficient (Wildman–Crippen LogP) is 0.835. The minimum absolute atomic E-state index is 0.0747. The van der Waals surface area contributed by atoms with Crippen LogP contribution in [0.25, 0.3) is 11.0 Å². The highest BCUT2D eigenvalue weighted by Crippen LogP contribution is 2.37. The predicted molar refractivity (Wildman–Crippen MR) is 62.9 cm³/mol. The van der Waals surface area contributed by atoms with E-state index in [1.165, 1.54) is 6.26 Å². The third-order valence-corrected chi connectivity index (χ3v) is 2.65. The normalized spacial score (nSPS) is 10.9. The number of aryl methyl sites for hydroxylation is 1. The largest absolute Gasteiger partial charge is 0.504 e. The average molecular weight is 252 g/mol. The van der Waals surface area contributed by atoms with E-state index in [0.717, 1.165) is 6.07 Å². The third kappa shape index (κ3) is 1.86. The molecule has 0 spiro atoms. The van der Waals surface area contributed by atoms with Gasteiger partial charge in [0.15, 0.2) is 28.3 Å². The molecule has 1 aromatic carbocycles. The molecule has 0 unspecified atom stereocenters. The molecule has 0 bridgehead atoms. The average Bonchev–Trinajstić information content (AvgIpc) is 2.34. The van der Waals surface area contributed by atoms with Crippen LogP contribution in [0.15, 0.2) is 21.5 Å². The van der Waals surface area contributed by atoms with Gasteiger partial charge in [-0.1, -0.05) is 0 Å². The van der Waals surface area contributed by atoms with E-state index in [1.54, 1.807) is 0 Å². The molecule has 0 aliphatic carbocycles. The Hall–Kier alpha value is -2.21. The van der Waals surface area contributed by atoms with Crippen molar-refractivity contribution >= 4 is 11.0 Å². The molecule has 2 aromatic rings. The molecule has 0 radical (unpaired) electrons. The smallest absolute Gasteiger partial charge is 0.199 e. The molecule has 1 heterocycles. The van der Waals surface area contributed by atoms with Gasteiger partial charge in [-0.25, -0.2) is 0 Å². The molecular weight excluding hydrogens is 240 g/mol. The first-order valence-electron chi connectivity index (χ1n) is 5.35. The van der Waals surface area contributed by atoms with E-state index in [9.17, 15) is 20.1 Å². The van der Waals surface area contributed by atoms with Gasteiger partial charge in [0.25, 0.3) is 0 Å². The fourth-order valence-electron chi connectivity index (χ4n) is 1.74. The summed E-state index contributed by atoms with van der Waals surface area (Å²) in [6.45, 7) is -0.0747. The highest BCUT2D eigenvalue weighted by molar-refractivity contribution is 5.90. The quantitative estimate of drug-likeness (QED) is 0.475. The Morgan fingerprint density at radius 1 is 1.17 bits per heavy atom. The summed E-state index contributed by atoms with van der Waals surface area (Å²) in [5, 5.41) is 37.0. The number of phenols is 3. The van der Waals surface area contributed by atoms with Gasteiger partial charge in [-0.05, 0) is 12.8 Å². The van der Waals surface area contributed by atoms with E-state index in [0.29, 0.717) is 6.42 Å². The zero-order chi connectivity index (χ0) is 13.3. The summed E-state index contributed by atoms with van der Waals surface area (Å²) < 4.78 is 5.08. The molecule has 0 amide bonds. The van der Waals surface area contributed by atoms with Crippen LogP contribution in [-0.4, -0.2) is 27.0 Å². The highest BCUT2D eigenvalue weighted by atomic mass is 16.4. The van der Waals surface area contributed by atoms with Gasteiger partial charge in [0.2, 0.25) is 0 Å². The lowest BCUT2D eigenvalue weighted by atomic mass is 10.1. The number of fused-ring (bicyclic) bond motifs is 1. The van der Waals surface area contributed by atoms with Crippen LogP contribution in [0.1, 0.15) is 12.0 Å². The van der Waals surface area contributed by atoms with E-state index in [-0.39, 0.29) is 29.6 Å². The van der Waals surface area contributed by atoms with E-state index in [1.807, 2.05) is 0 Å². The molecule has 0 saturated heterocycles. The maximum atomic E-state index is 12.0. The van der Waals surface area contributed by atoms with Crippen molar-refractivity contribution in [1.82, 2.24) is 0 Å². The fraction of sp³-hybridized carbons (Fsp3) is 0.250. The van der Waals surface area contributed by atoms with E-state index < -0.39 is 22.7 Å². The summed E-state index contributed by atoms with van der Waals surface area (Å²) in [4.78, 5) is 12.0. The molecule has 0 aliphatic rings. The van der Waals surface area contributed by atoms with Gasteiger partial charge in [-0.15, -0.1) is 0 Å². The molecule has 18 heavy (non-hydrogen) atoms. The monoisotopic (exact) mass is 252 g/mol. The number of phenolic OH excluding ortho intramolecular Hbond substituents is 3. The lowest BCUT2D eigenvalue weighted by molar-refractivity contribution is 0.288. The SMILES string of the molecule is O=c1c(CCCO)coc2c(O)cc(O)c(O)c12. The molecule has 0 aliphatic heterocycles. The number of rotatable bonds is 3. The Morgan fingerprint density at radius 3 is 2.56 bits per heavy atom. The summed E-state index contributed by atoms with van der Waals surface area (Å²) in [6.07, 6.45) is 1.84. The molecule has 1 aromatic heterocycles. The zero-order valence-corrected chi connectivity index (χ0v) is 9.38. The van der Waals surface area contributed by atoms with Crippen molar-refractivity contribution in [2.24, 2.45) is 0 Å². The lowest BCUT2D eigenvalue weighted by Crippen LogP contribution is -2.09. The maximum absolute atomic E-state index is 12.0. The molecule has 6 heteroatoms. The number of benzene rings is 1. The van der Waals surface area contributed by atoms with Crippen LogP contribution in [0.5, 0.6) is 17.2 Å². The van der Waals surface area contributed by atoms with Crippen LogP contribution in [-0.2, 0) is 6.42 Å². The van der Waals surface area contributed by atoms with E-state index >= 15 is 0 Å². The van der Waals surface area contributed by atoms with Crippen molar-refractivity contribution in [2.75, 3.05) is 6.61 Å². The van der Waals surface area contributed by atoms with Crippen LogP contribution in [0.2, 0.25) is 0 Å². The molecule has 6 nitrogen and oxygen atoms in total. The Bertz CT molecular complexity index is 643. The first-order chi connectivity index (χ1) is 8.56. The van der Waals surface area contributed by atoms with Crippen molar-refractivity contribution in [1.29, 1.82) is 0 Å². The second-order valence-electron chi connectivity index (χ2n) is 3.88. The first kappa shape index (κ1) is 12.3. The van der Waals surface area contributed by atoms with Crippen LogP contribution in [0.4, 0.5) is 0 Å². The van der Waals surface area contributed by atoms with Gasteiger partial charge >= 0.3 is 0 Å². The first-order valence-corrected chi connectivity index (χ1v) is 5.35. The maximum Gasteiger partial charge on any atom is 0.199 e. The zero-order valence-electron chi connectivity index (χ0n) is 9.38. The Balaban J connectivity index is 2.73. The molecular formula is C12H12O6. The summed E-state index contributed by atoms with van der Waals surface area (Å²) in [5.74, 6) is -1.64. The highest BCUT2D eigenvalue weighted by Gasteiger charge is 2.17. The molecule has 2 rings (SSSR count). The van der Waals surface area contributed by atoms with Crippen molar-refractivity contribution in [3.63, 3.8) is 0 Å². The number of hydrogen-bond donors (Lipinski definition) is 4.